The van der Waals surface area contributed by atoms with Gasteiger partial charge in [-0.15, -0.1) is 0 Å². The van der Waals surface area contributed by atoms with E-state index in [4.69, 9.17) is 4.74 Å². The molecule has 0 amide bonds. The van der Waals surface area contributed by atoms with Crippen LogP contribution in [0.25, 0.3) is 0 Å². The zero-order chi connectivity index (χ0) is 20.9. The third-order valence-electron chi connectivity index (χ3n) is 5.26. The first kappa shape index (κ1) is 23.4. The van der Waals surface area contributed by atoms with Crippen molar-refractivity contribution in [3.63, 3.8) is 0 Å². The van der Waals surface area contributed by atoms with Crippen molar-refractivity contribution in [2.45, 2.75) is 39.7 Å². The number of ether oxygens (including phenoxy) is 1. The highest BCUT2D eigenvalue weighted by Crippen LogP contribution is 2.22. The van der Waals surface area contributed by atoms with Crippen LogP contribution in [0.4, 0.5) is 10.1 Å². The van der Waals surface area contributed by atoms with Crippen molar-refractivity contribution in [2.24, 2.45) is 4.99 Å². The van der Waals surface area contributed by atoms with Crippen molar-refractivity contribution < 1.29 is 9.13 Å². The van der Waals surface area contributed by atoms with Crippen LogP contribution in [0.3, 0.4) is 0 Å². The molecular formula is C22H38FN5O. The first-order chi connectivity index (χ1) is 14.2. The van der Waals surface area contributed by atoms with Gasteiger partial charge in [-0.1, -0.05) is 26.3 Å². The Bertz CT molecular complexity index is 617. The van der Waals surface area contributed by atoms with E-state index in [1.165, 1.54) is 0 Å². The van der Waals surface area contributed by atoms with Crippen molar-refractivity contribution in [3.05, 3.63) is 29.6 Å². The molecule has 1 aliphatic rings. The summed E-state index contributed by atoms with van der Waals surface area (Å²) in [5, 5.41) is 6.52. The van der Waals surface area contributed by atoms with Crippen LogP contribution < -0.4 is 15.5 Å². The number of anilines is 1. The number of piperazine rings is 1. The van der Waals surface area contributed by atoms with E-state index in [0.717, 1.165) is 83.3 Å². The van der Waals surface area contributed by atoms with Crippen molar-refractivity contribution in [2.75, 3.05) is 64.4 Å². The quantitative estimate of drug-likeness (QED) is 0.336. The molecule has 0 spiro atoms. The van der Waals surface area contributed by atoms with Gasteiger partial charge in [-0.3, -0.25) is 4.99 Å². The molecule has 29 heavy (non-hydrogen) atoms. The van der Waals surface area contributed by atoms with E-state index in [2.05, 4.69) is 39.3 Å². The second-order valence-electron chi connectivity index (χ2n) is 7.38. The molecule has 0 radical (unpaired) electrons. The van der Waals surface area contributed by atoms with Crippen molar-refractivity contribution in [1.29, 1.82) is 0 Å². The summed E-state index contributed by atoms with van der Waals surface area (Å²) in [6.07, 6.45) is 3.20. The number of likely N-dealkylation sites (N-methyl/N-ethyl adjacent to an activating group) is 1. The van der Waals surface area contributed by atoms with Crippen molar-refractivity contribution in [1.82, 2.24) is 15.5 Å². The molecule has 0 unspecified atom stereocenters. The number of nitrogens with one attached hydrogen (secondary N) is 2. The van der Waals surface area contributed by atoms with Gasteiger partial charge in [0.2, 0.25) is 0 Å². The van der Waals surface area contributed by atoms with E-state index in [1.54, 1.807) is 13.1 Å². The van der Waals surface area contributed by atoms with E-state index in [9.17, 15) is 4.39 Å². The van der Waals surface area contributed by atoms with Gasteiger partial charge in [0.1, 0.15) is 5.82 Å². The van der Waals surface area contributed by atoms with Gasteiger partial charge >= 0.3 is 0 Å². The summed E-state index contributed by atoms with van der Waals surface area (Å²) >= 11 is 0. The highest BCUT2D eigenvalue weighted by Gasteiger charge is 2.18. The second kappa shape index (κ2) is 13.4. The molecule has 1 aromatic rings. The monoisotopic (exact) mass is 407 g/mol. The van der Waals surface area contributed by atoms with Crippen LogP contribution in [0, 0.1) is 5.82 Å². The van der Waals surface area contributed by atoms with Gasteiger partial charge in [0.25, 0.3) is 0 Å². The molecule has 2 rings (SSSR count). The smallest absolute Gasteiger partial charge is 0.191 e. The molecule has 1 aromatic carbocycles. The first-order valence-electron chi connectivity index (χ1n) is 11.0. The summed E-state index contributed by atoms with van der Waals surface area (Å²) in [6.45, 7) is 12.0. The lowest BCUT2D eigenvalue weighted by atomic mass is 10.1. The number of nitrogens with zero attached hydrogens (tertiary/aromatic N) is 3. The minimum Gasteiger partial charge on any atom is -0.381 e. The molecule has 1 fully saturated rings. The number of hydrogen-bond acceptors (Lipinski definition) is 4. The Morgan fingerprint density at radius 1 is 1.10 bits per heavy atom. The fourth-order valence-electron chi connectivity index (χ4n) is 3.36. The number of halogens is 1. The summed E-state index contributed by atoms with van der Waals surface area (Å²) in [6, 6.07) is 5.52. The second-order valence-corrected chi connectivity index (χ2v) is 7.38. The molecular weight excluding hydrogens is 369 g/mol. The number of benzene rings is 1. The molecule has 7 heteroatoms. The fourth-order valence-corrected chi connectivity index (χ4v) is 3.36. The molecule has 0 aliphatic carbocycles. The van der Waals surface area contributed by atoms with E-state index >= 15 is 0 Å². The molecule has 1 aliphatic heterocycles. The van der Waals surface area contributed by atoms with Gasteiger partial charge in [0, 0.05) is 59.5 Å². The van der Waals surface area contributed by atoms with E-state index in [0.29, 0.717) is 12.2 Å². The van der Waals surface area contributed by atoms with Gasteiger partial charge in [-0.2, -0.15) is 0 Å². The lowest BCUT2D eigenvalue weighted by Gasteiger charge is -2.35. The van der Waals surface area contributed by atoms with Crippen LogP contribution in [0.15, 0.2) is 23.2 Å². The maximum Gasteiger partial charge on any atom is 0.191 e. The number of aliphatic imine (C=N–C) groups is 1. The Hall–Kier alpha value is -1.86. The Labute approximate surface area is 175 Å². The molecule has 2 N–H and O–H groups in total. The number of unbranched alkanes of at least 4 members (excludes halogenated alkanes) is 1. The van der Waals surface area contributed by atoms with Crippen LogP contribution in [-0.4, -0.2) is 70.4 Å². The van der Waals surface area contributed by atoms with Crippen LogP contribution in [0.5, 0.6) is 0 Å². The zero-order valence-electron chi connectivity index (χ0n) is 18.3. The number of guanidine groups is 1. The maximum atomic E-state index is 14.7. The van der Waals surface area contributed by atoms with Crippen molar-refractivity contribution in [3.8, 4) is 0 Å². The fraction of sp³-hybridized carbons (Fsp3) is 0.682. The Morgan fingerprint density at radius 3 is 2.52 bits per heavy atom. The minimum atomic E-state index is -0.151. The average Bonchev–Trinajstić information content (AvgIpc) is 2.75. The maximum absolute atomic E-state index is 14.7. The summed E-state index contributed by atoms with van der Waals surface area (Å²) < 4.78 is 20.2. The molecule has 0 atom stereocenters. The normalized spacial score (nSPS) is 15.6. The van der Waals surface area contributed by atoms with Gasteiger partial charge < -0.3 is 25.2 Å². The minimum absolute atomic E-state index is 0.151. The van der Waals surface area contributed by atoms with Gasteiger partial charge in [-0.05, 0) is 37.1 Å². The third-order valence-corrected chi connectivity index (χ3v) is 5.26. The van der Waals surface area contributed by atoms with Gasteiger partial charge in [0.05, 0.1) is 5.69 Å². The van der Waals surface area contributed by atoms with Crippen LogP contribution in [-0.2, 0) is 11.3 Å². The zero-order valence-corrected chi connectivity index (χ0v) is 18.3. The summed E-state index contributed by atoms with van der Waals surface area (Å²) in [7, 11) is 1.74. The number of hydrogen-bond donors (Lipinski definition) is 2. The highest BCUT2D eigenvalue weighted by molar-refractivity contribution is 5.79. The van der Waals surface area contributed by atoms with Crippen LogP contribution in [0.1, 0.15) is 38.7 Å². The number of rotatable bonds is 11. The molecule has 6 nitrogen and oxygen atoms in total. The van der Waals surface area contributed by atoms with Crippen molar-refractivity contribution >= 4 is 11.6 Å². The van der Waals surface area contributed by atoms with Gasteiger partial charge in [-0.25, -0.2) is 4.39 Å². The molecule has 164 valence electrons. The Balaban J connectivity index is 1.73. The van der Waals surface area contributed by atoms with Crippen LogP contribution >= 0.6 is 0 Å². The van der Waals surface area contributed by atoms with E-state index in [-0.39, 0.29) is 5.82 Å². The standard InChI is InChI=1S/C22H38FN5O/c1-4-6-15-29-16-7-10-25-22(24-3)26-18-19-8-9-21(20(23)17-19)28-13-11-27(5-2)12-14-28/h8-9,17H,4-7,10-16,18H2,1-3H3,(H2,24,25,26). The Morgan fingerprint density at radius 2 is 1.86 bits per heavy atom. The summed E-state index contributed by atoms with van der Waals surface area (Å²) in [4.78, 5) is 8.76. The lowest BCUT2D eigenvalue weighted by Crippen LogP contribution is -2.46. The lowest BCUT2D eigenvalue weighted by molar-refractivity contribution is 0.129. The molecule has 0 bridgehead atoms. The average molecular weight is 408 g/mol. The Kier molecular flexibility index (Phi) is 10.8. The van der Waals surface area contributed by atoms with E-state index < -0.39 is 0 Å². The van der Waals surface area contributed by atoms with Gasteiger partial charge in [0.15, 0.2) is 5.96 Å². The first-order valence-corrected chi connectivity index (χ1v) is 11.0. The molecule has 0 aromatic heterocycles. The SMILES string of the molecule is CCCCOCCCNC(=NC)NCc1ccc(N2CCN(CC)CC2)c(F)c1. The molecule has 1 saturated heterocycles. The third kappa shape index (κ3) is 8.19. The predicted octanol–water partition coefficient (Wildman–Crippen LogP) is 2.84. The molecule has 1 heterocycles. The topological polar surface area (TPSA) is 52.1 Å². The predicted molar refractivity (Wildman–Crippen MR) is 119 cm³/mol. The summed E-state index contributed by atoms with van der Waals surface area (Å²) in [5.74, 6) is 0.570. The summed E-state index contributed by atoms with van der Waals surface area (Å²) in [5.41, 5.74) is 1.61. The highest BCUT2D eigenvalue weighted by atomic mass is 19.1. The van der Waals surface area contributed by atoms with E-state index in [1.807, 2.05) is 12.1 Å². The largest absolute Gasteiger partial charge is 0.381 e. The van der Waals surface area contributed by atoms with Crippen LogP contribution in [0.2, 0.25) is 0 Å². The molecule has 0 saturated carbocycles.